The van der Waals surface area contributed by atoms with Crippen LogP contribution in [0.3, 0.4) is 0 Å². The van der Waals surface area contributed by atoms with Crippen LogP contribution in [0.25, 0.3) is 11.5 Å². The number of aromatic nitrogens is 1. The Balaban J connectivity index is 1.34. The molecule has 6 heteroatoms. The topological polar surface area (TPSA) is 85.4 Å². The number of oxazole rings is 1. The van der Waals surface area contributed by atoms with Gasteiger partial charge in [-0.1, -0.05) is 30.7 Å². The molecule has 0 N–H and O–H groups in total. The molecule has 170 valence electrons. The molecule has 1 fully saturated rings. The number of rotatable bonds is 9. The van der Waals surface area contributed by atoms with Crippen molar-refractivity contribution in [1.82, 2.24) is 4.98 Å². The molecule has 0 atom stereocenters. The van der Waals surface area contributed by atoms with Crippen LogP contribution in [0.5, 0.6) is 5.75 Å². The second-order valence-corrected chi connectivity index (χ2v) is 8.45. The Labute approximate surface area is 194 Å². The van der Waals surface area contributed by atoms with E-state index in [-0.39, 0.29) is 11.4 Å². The third-order valence-electron chi connectivity index (χ3n) is 6.26. The summed E-state index contributed by atoms with van der Waals surface area (Å²) in [4.78, 5) is 17.0. The summed E-state index contributed by atoms with van der Waals surface area (Å²) in [6, 6.07) is 17.4. The maximum absolute atomic E-state index is 12.4. The predicted octanol–water partition coefficient (Wildman–Crippen LogP) is 5.42. The number of hydrogen-bond donors (Lipinski definition) is 0. The van der Waals surface area contributed by atoms with Crippen molar-refractivity contribution in [3.63, 3.8) is 0 Å². The first-order valence-electron chi connectivity index (χ1n) is 11.4. The van der Waals surface area contributed by atoms with Crippen LogP contribution in [-0.2, 0) is 22.4 Å². The van der Waals surface area contributed by atoms with Gasteiger partial charge in [-0.25, -0.2) is 4.98 Å². The van der Waals surface area contributed by atoms with Crippen molar-refractivity contribution in [2.45, 2.75) is 46.0 Å². The molecule has 6 nitrogen and oxygen atoms in total. The first-order valence-corrected chi connectivity index (χ1v) is 11.4. The summed E-state index contributed by atoms with van der Waals surface area (Å²) >= 11 is 0. The van der Waals surface area contributed by atoms with E-state index in [0.29, 0.717) is 43.1 Å². The highest BCUT2D eigenvalue weighted by molar-refractivity contribution is 5.78. The zero-order chi connectivity index (χ0) is 23.3. The van der Waals surface area contributed by atoms with Gasteiger partial charge in [0.05, 0.1) is 41.5 Å². The summed E-state index contributed by atoms with van der Waals surface area (Å²) in [5.41, 5.74) is 2.80. The van der Waals surface area contributed by atoms with Gasteiger partial charge in [-0.05, 0) is 62.9 Å². The van der Waals surface area contributed by atoms with Crippen LogP contribution < -0.4 is 4.74 Å². The maximum Gasteiger partial charge on any atom is 0.312 e. The zero-order valence-electron chi connectivity index (χ0n) is 19.1. The van der Waals surface area contributed by atoms with Crippen molar-refractivity contribution in [3.8, 4) is 23.3 Å². The van der Waals surface area contributed by atoms with Crippen molar-refractivity contribution >= 4 is 5.97 Å². The number of esters is 1. The van der Waals surface area contributed by atoms with Gasteiger partial charge in [-0.2, -0.15) is 5.26 Å². The largest absolute Gasteiger partial charge is 0.493 e. The molecule has 1 aliphatic rings. The fraction of sp³-hybridized carbons (Fsp3) is 0.370. The molecule has 0 aliphatic heterocycles. The van der Waals surface area contributed by atoms with Gasteiger partial charge in [0.15, 0.2) is 0 Å². The molecule has 0 radical (unpaired) electrons. The lowest BCUT2D eigenvalue weighted by Gasteiger charge is -2.39. The Morgan fingerprint density at radius 1 is 1.18 bits per heavy atom. The fourth-order valence-electron chi connectivity index (χ4n) is 4.24. The molecule has 0 spiro atoms. The summed E-state index contributed by atoms with van der Waals surface area (Å²) in [7, 11) is 0. The number of hydrogen-bond acceptors (Lipinski definition) is 6. The van der Waals surface area contributed by atoms with Gasteiger partial charge in [0.2, 0.25) is 5.89 Å². The Kier molecular flexibility index (Phi) is 6.79. The van der Waals surface area contributed by atoms with E-state index in [9.17, 15) is 10.1 Å². The third kappa shape index (κ3) is 4.93. The summed E-state index contributed by atoms with van der Waals surface area (Å²) in [5, 5.41) is 9.31. The Hall–Kier alpha value is -3.59. The van der Waals surface area contributed by atoms with Crippen molar-refractivity contribution in [3.05, 3.63) is 71.1 Å². The summed E-state index contributed by atoms with van der Waals surface area (Å²) in [6.07, 6.45) is 4.16. The Bertz CT molecular complexity index is 1150. The Morgan fingerprint density at radius 2 is 1.94 bits per heavy atom. The summed E-state index contributed by atoms with van der Waals surface area (Å²) in [6.45, 7) is 4.60. The maximum atomic E-state index is 12.4. The summed E-state index contributed by atoms with van der Waals surface area (Å²) < 4.78 is 17.0. The van der Waals surface area contributed by atoms with E-state index in [1.165, 1.54) is 0 Å². The lowest BCUT2D eigenvalue weighted by Crippen LogP contribution is -2.41. The van der Waals surface area contributed by atoms with Crippen molar-refractivity contribution in [2.75, 3.05) is 13.2 Å². The number of benzene rings is 2. The monoisotopic (exact) mass is 444 g/mol. The van der Waals surface area contributed by atoms with E-state index in [1.807, 2.05) is 56.3 Å². The van der Waals surface area contributed by atoms with Crippen LogP contribution in [0.1, 0.15) is 48.8 Å². The van der Waals surface area contributed by atoms with E-state index in [1.54, 1.807) is 6.07 Å². The first kappa shape index (κ1) is 22.6. The van der Waals surface area contributed by atoms with E-state index in [4.69, 9.17) is 13.9 Å². The highest BCUT2D eigenvalue weighted by atomic mass is 16.5. The van der Waals surface area contributed by atoms with Gasteiger partial charge < -0.3 is 13.9 Å². The van der Waals surface area contributed by atoms with Gasteiger partial charge in [-0.3, -0.25) is 4.79 Å². The third-order valence-corrected chi connectivity index (χ3v) is 6.26. The van der Waals surface area contributed by atoms with Crippen LogP contribution >= 0.6 is 0 Å². The molecule has 2 aromatic carbocycles. The molecule has 33 heavy (non-hydrogen) atoms. The number of aryl methyl sites for hydroxylation is 1. The minimum absolute atomic E-state index is 0.0729. The van der Waals surface area contributed by atoms with Gasteiger partial charge in [-0.15, -0.1) is 0 Å². The van der Waals surface area contributed by atoms with E-state index in [0.717, 1.165) is 42.0 Å². The molecule has 3 aromatic rings. The molecule has 0 amide bonds. The standard InChI is InChI=1S/C27H28N2O4/c1-3-31-26(30)27(14-6-15-27)17-20-9-11-22(12-10-20)32-16-13-24-19(2)33-25(29-24)23-8-5-4-7-21(23)18-28/h4-5,7-12H,3,6,13-17H2,1-2H3. The fourth-order valence-corrected chi connectivity index (χ4v) is 4.24. The number of nitriles is 1. The van der Waals surface area contributed by atoms with Crippen molar-refractivity contribution < 1.29 is 18.7 Å². The zero-order valence-corrected chi connectivity index (χ0v) is 19.1. The minimum Gasteiger partial charge on any atom is -0.493 e. The molecule has 1 aliphatic carbocycles. The van der Waals surface area contributed by atoms with Gasteiger partial charge >= 0.3 is 5.97 Å². The molecular formula is C27H28N2O4. The molecule has 0 saturated heterocycles. The van der Waals surface area contributed by atoms with E-state index in [2.05, 4.69) is 11.1 Å². The second-order valence-electron chi connectivity index (χ2n) is 8.45. The van der Waals surface area contributed by atoms with Gasteiger partial charge in [0, 0.05) is 6.42 Å². The highest BCUT2D eigenvalue weighted by Gasteiger charge is 2.45. The van der Waals surface area contributed by atoms with Crippen LogP contribution in [0.2, 0.25) is 0 Å². The quantitative estimate of drug-likeness (QED) is 0.410. The first-order chi connectivity index (χ1) is 16.0. The van der Waals surface area contributed by atoms with E-state index >= 15 is 0 Å². The molecule has 1 heterocycles. The second kappa shape index (κ2) is 9.91. The van der Waals surface area contributed by atoms with Crippen LogP contribution in [0.15, 0.2) is 52.9 Å². The molecule has 0 unspecified atom stereocenters. The predicted molar refractivity (Wildman–Crippen MR) is 124 cm³/mol. The van der Waals surface area contributed by atoms with E-state index < -0.39 is 0 Å². The number of carbonyl (C=O) groups excluding carboxylic acids is 1. The minimum atomic E-state index is -0.356. The van der Waals surface area contributed by atoms with Gasteiger partial charge in [0.1, 0.15) is 11.5 Å². The summed E-state index contributed by atoms with van der Waals surface area (Å²) in [5.74, 6) is 1.88. The van der Waals surface area contributed by atoms with Crippen molar-refractivity contribution in [1.29, 1.82) is 5.26 Å². The number of ether oxygens (including phenoxy) is 2. The van der Waals surface area contributed by atoms with Crippen LogP contribution in [-0.4, -0.2) is 24.2 Å². The normalized spacial score (nSPS) is 14.2. The molecule has 1 saturated carbocycles. The van der Waals surface area contributed by atoms with Crippen LogP contribution in [0.4, 0.5) is 0 Å². The number of carbonyl (C=O) groups is 1. The molecular weight excluding hydrogens is 416 g/mol. The lowest BCUT2D eigenvalue weighted by atomic mass is 9.65. The lowest BCUT2D eigenvalue weighted by molar-refractivity contribution is -0.161. The average molecular weight is 445 g/mol. The molecule has 4 rings (SSSR count). The Morgan fingerprint density at radius 3 is 2.61 bits per heavy atom. The SMILES string of the molecule is CCOC(=O)C1(Cc2ccc(OCCc3nc(-c4ccccc4C#N)oc3C)cc2)CCC1. The van der Waals surface area contributed by atoms with Crippen molar-refractivity contribution in [2.24, 2.45) is 5.41 Å². The van der Waals surface area contributed by atoms with Gasteiger partial charge in [0.25, 0.3) is 0 Å². The average Bonchev–Trinajstić information content (AvgIpc) is 3.17. The molecule has 1 aromatic heterocycles. The smallest absolute Gasteiger partial charge is 0.312 e. The molecule has 0 bridgehead atoms. The number of nitrogens with zero attached hydrogens (tertiary/aromatic N) is 2. The highest BCUT2D eigenvalue weighted by Crippen LogP contribution is 2.45. The van der Waals surface area contributed by atoms with Crippen LogP contribution in [0, 0.1) is 23.7 Å².